The van der Waals surface area contributed by atoms with Gasteiger partial charge in [0, 0.05) is 56.2 Å². The third-order valence-corrected chi connectivity index (χ3v) is 13.9. The zero-order valence-corrected chi connectivity index (χ0v) is 45.2. The zero-order chi connectivity index (χ0) is 54.3. The Morgan fingerprint density at radius 3 is 1.51 bits per heavy atom. The predicted octanol–water partition coefficient (Wildman–Crippen LogP) is 14.3. The van der Waals surface area contributed by atoms with Crippen molar-refractivity contribution in [1.82, 2.24) is 0 Å². The van der Waals surface area contributed by atoms with E-state index in [-0.39, 0.29) is 34.3 Å². The summed E-state index contributed by atoms with van der Waals surface area (Å²) in [5, 5.41) is 11.6. The number of para-hydroxylation sites is 4. The summed E-state index contributed by atoms with van der Waals surface area (Å²) >= 11 is 13.3. The Morgan fingerprint density at radius 1 is 0.553 bits per heavy atom. The van der Waals surface area contributed by atoms with Gasteiger partial charge in [-0.05, 0) is 94.5 Å². The van der Waals surface area contributed by atoms with E-state index >= 15 is 0 Å². The number of nitrogens with zero attached hydrogens (tertiary/aromatic N) is 1. The van der Waals surface area contributed by atoms with Crippen LogP contribution in [-0.4, -0.2) is 29.4 Å². The Labute approximate surface area is 454 Å². The summed E-state index contributed by atoms with van der Waals surface area (Å²) in [6.45, 7) is 13.2. The van der Waals surface area contributed by atoms with E-state index in [0.717, 1.165) is 68.4 Å². The van der Waals surface area contributed by atoms with E-state index in [2.05, 4.69) is 48.4 Å². The van der Waals surface area contributed by atoms with E-state index in [9.17, 15) is 24.0 Å². The first-order chi connectivity index (χ1) is 36.3. The first kappa shape index (κ1) is 54.6. The SMILES string of the molecule is CC(=O)N1c2ccccc2NC2=C(C(=O)CC(C)(C)C2)C1c1ccc(OCc2ccccc2)c(Cl)c1.CC(=O)OC(C)=O.CC1(C)CC(=O)C2=C(C1)Nc1ccccc1NC2c1ccc(OCc2ccccc2)c(Cl)c1. The van der Waals surface area contributed by atoms with Crippen LogP contribution in [0.15, 0.2) is 168 Å². The molecule has 4 aliphatic rings. The lowest BCUT2D eigenvalue weighted by Gasteiger charge is -2.37. The van der Waals surface area contributed by atoms with Crippen LogP contribution >= 0.6 is 23.2 Å². The average molecular weight is 1060 g/mol. The number of esters is 2. The Bertz CT molecular complexity index is 3230. The molecule has 0 bridgehead atoms. The molecule has 0 fully saturated rings. The number of anilines is 4. The van der Waals surface area contributed by atoms with E-state index < -0.39 is 18.0 Å². The third kappa shape index (κ3) is 13.2. The maximum Gasteiger partial charge on any atom is 0.310 e. The van der Waals surface area contributed by atoms with Crippen molar-refractivity contribution in [2.75, 3.05) is 20.9 Å². The van der Waals surface area contributed by atoms with Gasteiger partial charge in [-0.15, -0.1) is 0 Å². The van der Waals surface area contributed by atoms with Gasteiger partial charge in [0.15, 0.2) is 11.6 Å². The number of rotatable bonds is 8. The van der Waals surface area contributed by atoms with Crippen LogP contribution in [0.2, 0.25) is 10.0 Å². The minimum atomic E-state index is -0.599. The Kier molecular flexibility index (Phi) is 16.9. The fraction of sp³-hybridized carbons (Fsp3) is 0.274. The number of nitrogens with one attached hydrogen (secondary N) is 3. The third-order valence-electron chi connectivity index (χ3n) is 13.3. The standard InChI is InChI=1S/C30H29ClN2O3.C28H27ClN2O2.C4H6O3/c1-19(34)33-25-12-8-7-11-23(25)32-24-16-30(2,3)17-26(35)28(24)29(33)21-13-14-27(22(31)15-21)36-18-20-9-5-4-6-10-20;1-28(2)15-23-26(24(32)16-28)27(31-22-11-7-6-10-21(22)30-23)19-12-13-25(20(29)14-19)33-17-18-8-4-3-5-9-18;1-3(5)7-4(2)6/h4-15,29,32H,16-18H2,1-3H3;3-14,27,30-31H,15-17H2,1-2H3;1-2H3. The number of Topliss-reactive ketones (excluding diaryl/α,β-unsaturated/α-hetero) is 2. The number of carbonyl (C=O) groups excluding carboxylic acids is 5. The highest BCUT2D eigenvalue weighted by Crippen LogP contribution is 2.50. The lowest BCUT2D eigenvalue weighted by Crippen LogP contribution is -2.38. The molecule has 0 saturated carbocycles. The molecule has 0 aromatic heterocycles. The van der Waals surface area contributed by atoms with Crippen LogP contribution in [0, 0.1) is 10.8 Å². The molecule has 14 heteroatoms. The quantitative estimate of drug-likeness (QED) is 0.0986. The van der Waals surface area contributed by atoms with Crippen molar-refractivity contribution in [3.63, 3.8) is 0 Å². The van der Waals surface area contributed by atoms with Crippen molar-refractivity contribution in [2.24, 2.45) is 10.8 Å². The number of allylic oxidation sites excluding steroid dienone is 2. The predicted molar refractivity (Wildman–Crippen MR) is 299 cm³/mol. The summed E-state index contributed by atoms with van der Waals surface area (Å²) in [6.07, 6.45) is 2.45. The number of hydrogen-bond donors (Lipinski definition) is 3. The largest absolute Gasteiger partial charge is 0.487 e. The van der Waals surface area contributed by atoms with Gasteiger partial charge in [0.05, 0.1) is 44.9 Å². The number of halogens is 2. The van der Waals surface area contributed by atoms with E-state index in [1.165, 1.54) is 20.8 Å². The summed E-state index contributed by atoms with van der Waals surface area (Å²) in [5.74, 6) is 0.108. The molecular formula is C62H62Cl2N4O8. The summed E-state index contributed by atoms with van der Waals surface area (Å²) in [7, 11) is 0. The average Bonchev–Trinajstić information content (AvgIpc) is 3.65. The molecule has 76 heavy (non-hydrogen) atoms. The van der Waals surface area contributed by atoms with Gasteiger partial charge in [-0.3, -0.25) is 28.9 Å². The van der Waals surface area contributed by atoms with Crippen LogP contribution in [0.25, 0.3) is 0 Å². The lowest BCUT2D eigenvalue weighted by molar-refractivity contribution is -0.156. The van der Waals surface area contributed by atoms with Gasteiger partial charge in [-0.25, -0.2) is 0 Å². The molecule has 2 heterocycles. The Hall–Kier alpha value is -7.67. The molecule has 6 aromatic carbocycles. The first-order valence-corrected chi connectivity index (χ1v) is 25.9. The second-order valence-corrected chi connectivity index (χ2v) is 21.7. The molecule has 10 rings (SSSR count). The molecule has 392 valence electrons. The number of hydrogen-bond acceptors (Lipinski definition) is 11. The molecule has 1 amide bonds. The number of carbonyl (C=O) groups is 5. The van der Waals surface area contributed by atoms with E-state index in [4.69, 9.17) is 32.7 Å². The maximum atomic E-state index is 13.6. The molecular weight excluding hydrogens is 1000 g/mol. The molecule has 2 unspecified atom stereocenters. The highest BCUT2D eigenvalue weighted by Gasteiger charge is 2.43. The van der Waals surface area contributed by atoms with Crippen molar-refractivity contribution in [3.05, 3.63) is 200 Å². The van der Waals surface area contributed by atoms with Crippen LogP contribution in [0.5, 0.6) is 11.5 Å². The normalized spacial score (nSPS) is 17.8. The van der Waals surface area contributed by atoms with Gasteiger partial charge in [-0.2, -0.15) is 0 Å². The van der Waals surface area contributed by atoms with Gasteiger partial charge >= 0.3 is 11.9 Å². The smallest absolute Gasteiger partial charge is 0.310 e. The molecule has 6 aromatic rings. The highest BCUT2D eigenvalue weighted by atomic mass is 35.5. The first-order valence-electron chi connectivity index (χ1n) is 25.2. The molecule has 12 nitrogen and oxygen atoms in total. The monoisotopic (exact) mass is 1060 g/mol. The summed E-state index contributed by atoms with van der Waals surface area (Å²) in [4.78, 5) is 61.4. The van der Waals surface area contributed by atoms with E-state index in [1.54, 1.807) is 4.90 Å². The summed E-state index contributed by atoms with van der Waals surface area (Å²) in [5.41, 5.74) is 10.3. The van der Waals surface area contributed by atoms with Crippen molar-refractivity contribution in [2.45, 2.75) is 99.4 Å². The zero-order valence-electron chi connectivity index (χ0n) is 43.7. The Balaban J connectivity index is 0.000000180. The number of ether oxygens (including phenoxy) is 3. The van der Waals surface area contributed by atoms with Crippen LogP contribution in [0.4, 0.5) is 22.7 Å². The summed E-state index contributed by atoms with van der Waals surface area (Å²) < 4.78 is 15.9. The van der Waals surface area contributed by atoms with E-state index in [0.29, 0.717) is 59.6 Å². The van der Waals surface area contributed by atoms with Gasteiger partial charge in [0.1, 0.15) is 24.7 Å². The maximum absolute atomic E-state index is 13.6. The van der Waals surface area contributed by atoms with Crippen molar-refractivity contribution in [1.29, 1.82) is 0 Å². The van der Waals surface area contributed by atoms with Crippen molar-refractivity contribution < 1.29 is 38.2 Å². The van der Waals surface area contributed by atoms with Crippen molar-refractivity contribution in [3.8, 4) is 11.5 Å². The number of benzene rings is 6. The Morgan fingerprint density at radius 2 is 1.00 bits per heavy atom. The number of ketones is 2. The molecule has 3 N–H and O–H groups in total. The van der Waals surface area contributed by atoms with Crippen LogP contribution in [0.1, 0.15) is 108 Å². The number of amides is 1. The van der Waals surface area contributed by atoms with Gasteiger partial charge in [-0.1, -0.05) is 148 Å². The van der Waals surface area contributed by atoms with Crippen LogP contribution in [0.3, 0.4) is 0 Å². The highest BCUT2D eigenvalue weighted by molar-refractivity contribution is 6.32. The molecule has 0 radical (unpaired) electrons. The lowest BCUT2D eigenvalue weighted by atomic mass is 9.73. The van der Waals surface area contributed by atoms with Crippen LogP contribution < -0.4 is 30.3 Å². The topological polar surface area (TPSA) is 152 Å². The minimum absolute atomic E-state index is 0.0401. The van der Waals surface area contributed by atoms with Crippen LogP contribution in [-0.2, 0) is 41.9 Å². The second kappa shape index (κ2) is 23.5. The molecule has 2 aliphatic carbocycles. The summed E-state index contributed by atoms with van der Waals surface area (Å²) in [6, 6.07) is 46.0. The molecule has 0 spiro atoms. The fourth-order valence-corrected chi connectivity index (χ4v) is 10.6. The van der Waals surface area contributed by atoms with Gasteiger partial charge in [0.2, 0.25) is 5.91 Å². The van der Waals surface area contributed by atoms with Gasteiger partial charge < -0.3 is 30.2 Å². The second-order valence-electron chi connectivity index (χ2n) is 20.9. The molecule has 0 saturated heterocycles. The molecule has 2 atom stereocenters. The van der Waals surface area contributed by atoms with E-state index in [1.807, 2.05) is 146 Å². The van der Waals surface area contributed by atoms with Crippen molar-refractivity contribution >= 4 is 75.4 Å². The molecule has 2 aliphatic heterocycles. The fourth-order valence-electron chi connectivity index (χ4n) is 10.1. The van der Waals surface area contributed by atoms with Gasteiger partial charge in [0.25, 0.3) is 0 Å². The minimum Gasteiger partial charge on any atom is -0.487 e. The number of fused-ring (bicyclic) bond motifs is 2.